The molecule has 1 fully saturated rings. The van der Waals surface area contributed by atoms with E-state index in [-0.39, 0.29) is 23.1 Å². The predicted molar refractivity (Wildman–Crippen MR) is 66.5 cm³/mol. The van der Waals surface area contributed by atoms with E-state index in [1.165, 1.54) is 0 Å². The zero-order chi connectivity index (χ0) is 12.1. The summed E-state index contributed by atoms with van der Waals surface area (Å²) in [5.74, 6) is 0.210. The van der Waals surface area contributed by atoms with Gasteiger partial charge in [-0.2, -0.15) is 0 Å². The molecule has 0 aromatic heterocycles. The molecule has 1 amide bonds. The average Bonchev–Trinajstić information content (AvgIpc) is 2.26. The number of amides is 1. The molecule has 1 aliphatic rings. The highest BCUT2D eigenvalue weighted by Gasteiger charge is 2.24. The highest BCUT2D eigenvalue weighted by Crippen LogP contribution is 2.23. The third kappa shape index (κ3) is 4.22. The molecule has 2 unspecified atom stereocenters. The Morgan fingerprint density at radius 2 is 2.00 bits per heavy atom. The first-order valence-corrected chi connectivity index (χ1v) is 7.48. The number of carbonyl (C=O) groups is 1. The van der Waals surface area contributed by atoms with Crippen molar-refractivity contribution in [2.75, 3.05) is 12.8 Å². The average molecular weight is 246 g/mol. The normalized spacial score (nSPS) is 29.4. The van der Waals surface area contributed by atoms with Gasteiger partial charge in [-0.1, -0.05) is 0 Å². The number of hydrogen-bond acceptors (Lipinski definition) is 3. The van der Waals surface area contributed by atoms with Crippen LogP contribution >= 0.6 is 0 Å². The minimum atomic E-state index is -0.872. The Balaban J connectivity index is 2.27. The molecule has 2 atom stereocenters. The van der Waals surface area contributed by atoms with Crippen LogP contribution in [0.3, 0.4) is 0 Å². The molecular formula is C11H22N2O2S. The summed E-state index contributed by atoms with van der Waals surface area (Å²) in [6, 6.07) is 0.270. The molecule has 5 heteroatoms. The maximum Gasteiger partial charge on any atom is 0.223 e. The third-order valence-corrected chi connectivity index (χ3v) is 4.57. The van der Waals surface area contributed by atoms with Crippen molar-refractivity contribution in [3.63, 3.8) is 0 Å². The largest absolute Gasteiger partial charge is 0.355 e. The second-order valence-electron chi connectivity index (χ2n) is 4.67. The summed E-state index contributed by atoms with van der Waals surface area (Å²) < 4.78 is 11.1. The Labute approximate surface area is 99.8 Å². The maximum atomic E-state index is 11.8. The molecular weight excluding hydrogens is 224 g/mol. The first-order chi connectivity index (χ1) is 7.50. The summed E-state index contributed by atoms with van der Waals surface area (Å²) in [6.45, 7) is 2.39. The fraction of sp³-hybridized carbons (Fsp3) is 0.909. The number of nitrogens with one attached hydrogen (secondary N) is 1. The number of nitrogens with two attached hydrogens (primary N) is 1. The minimum absolute atomic E-state index is 0.0230. The lowest BCUT2D eigenvalue weighted by atomic mass is 9.86. The van der Waals surface area contributed by atoms with Crippen molar-refractivity contribution in [3.8, 4) is 0 Å². The van der Waals surface area contributed by atoms with E-state index in [1.54, 1.807) is 6.26 Å². The van der Waals surface area contributed by atoms with Crippen LogP contribution in [-0.4, -0.2) is 34.2 Å². The van der Waals surface area contributed by atoms with E-state index in [0.29, 0.717) is 6.54 Å². The van der Waals surface area contributed by atoms with Gasteiger partial charge in [0.15, 0.2) is 0 Å². The Kier molecular flexibility index (Phi) is 5.41. The van der Waals surface area contributed by atoms with E-state index in [4.69, 9.17) is 5.73 Å². The van der Waals surface area contributed by atoms with Crippen molar-refractivity contribution in [1.29, 1.82) is 0 Å². The Bertz CT molecular complexity index is 263. The summed E-state index contributed by atoms with van der Waals surface area (Å²) >= 11 is 0. The van der Waals surface area contributed by atoms with Gasteiger partial charge in [0.05, 0.1) is 0 Å². The number of hydrogen-bond donors (Lipinski definition) is 2. The van der Waals surface area contributed by atoms with Crippen molar-refractivity contribution in [2.45, 2.75) is 43.9 Å². The molecule has 3 N–H and O–H groups in total. The van der Waals surface area contributed by atoms with Gasteiger partial charge in [0.25, 0.3) is 0 Å². The monoisotopic (exact) mass is 246 g/mol. The zero-order valence-corrected chi connectivity index (χ0v) is 10.9. The van der Waals surface area contributed by atoms with Gasteiger partial charge in [0, 0.05) is 40.8 Å². The maximum absolute atomic E-state index is 11.8. The van der Waals surface area contributed by atoms with Crippen LogP contribution in [0.5, 0.6) is 0 Å². The van der Waals surface area contributed by atoms with Crippen molar-refractivity contribution < 1.29 is 9.00 Å². The summed E-state index contributed by atoms with van der Waals surface area (Å²) in [4.78, 5) is 11.8. The summed E-state index contributed by atoms with van der Waals surface area (Å²) in [6.07, 6.45) is 5.31. The van der Waals surface area contributed by atoms with Crippen LogP contribution < -0.4 is 11.1 Å². The minimum Gasteiger partial charge on any atom is -0.355 e. The van der Waals surface area contributed by atoms with Crippen LogP contribution in [0.4, 0.5) is 0 Å². The first kappa shape index (κ1) is 13.6. The molecule has 0 aliphatic heterocycles. The lowest BCUT2D eigenvalue weighted by Crippen LogP contribution is -2.39. The van der Waals surface area contributed by atoms with Crippen LogP contribution in [0.2, 0.25) is 0 Å². The molecule has 1 rings (SSSR count). The van der Waals surface area contributed by atoms with Crippen LogP contribution in [0.1, 0.15) is 32.6 Å². The summed E-state index contributed by atoms with van der Waals surface area (Å²) in [5, 5.41) is 2.90. The lowest BCUT2D eigenvalue weighted by Gasteiger charge is -2.25. The molecule has 94 valence electrons. The fourth-order valence-electron chi connectivity index (χ4n) is 1.89. The highest BCUT2D eigenvalue weighted by molar-refractivity contribution is 7.84. The van der Waals surface area contributed by atoms with Gasteiger partial charge < -0.3 is 11.1 Å². The van der Waals surface area contributed by atoms with E-state index in [0.717, 1.165) is 25.7 Å². The summed E-state index contributed by atoms with van der Waals surface area (Å²) in [7, 11) is -0.872. The van der Waals surface area contributed by atoms with Crippen LogP contribution in [0.15, 0.2) is 0 Å². The van der Waals surface area contributed by atoms with E-state index < -0.39 is 10.8 Å². The molecule has 0 aromatic rings. The van der Waals surface area contributed by atoms with E-state index in [9.17, 15) is 9.00 Å². The number of rotatable bonds is 4. The zero-order valence-electron chi connectivity index (χ0n) is 10.1. The van der Waals surface area contributed by atoms with E-state index in [1.807, 2.05) is 6.92 Å². The molecule has 0 bridgehead atoms. The molecule has 0 saturated heterocycles. The van der Waals surface area contributed by atoms with Crippen LogP contribution in [0, 0.1) is 5.92 Å². The third-order valence-electron chi connectivity index (χ3n) is 3.27. The SMILES string of the molecule is CC(CNC(=O)C1CCC(N)CC1)S(C)=O. The standard InChI is InChI=1S/C11H22N2O2S/c1-8(16(2)15)7-13-11(14)9-3-5-10(12)6-4-9/h8-10H,3-7,12H2,1-2H3,(H,13,14). The smallest absolute Gasteiger partial charge is 0.223 e. The topological polar surface area (TPSA) is 72.2 Å². The Morgan fingerprint density at radius 1 is 1.44 bits per heavy atom. The highest BCUT2D eigenvalue weighted by atomic mass is 32.2. The van der Waals surface area contributed by atoms with Gasteiger partial charge in [0.1, 0.15) is 0 Å². The second kappa shape index (κ2) is 6.35. The molecule has 0 radical (unpaired) electrons. The Hall–Kier alpha value is -0.420. The molecule has 1 saturated carbocycles. The molecule has 0 spiro atoms. The molecule has 4 nitrogen and oxygen atoms in total. The fourth-order valence-corrected chi connectivity index (χ4v) is 2.21. The van der Waals surface area contributed by atoms with Crippen LogP contribution in [-0.2, 0) is 15.6 Å². The van der Waals surface area contributed by atoms with Crippen LogP contribution in [0.25, 0.3) is 0 Å². The molecule has 16 heavy (non-hydrogen) atoms. The van der Waals surface area contributed by atoms with Gasteiger partial charge >= 0.3 is 0 Å². The molecule has 0 aromatic carbocycles. The molecule has 1 aliphatic carbocycles. The van der Waals surface area contributed by atoms with E-state index in [2.05, 4.69) is 5.32 Å². The lowest BCUT2D eigenvalue weighted by molar-refractivity contribution is -0.125. The number of carbonyl (C=O) groups excluding carboxylic acids is 1. The first-order valence-electron chi connectivity index (χ1n) is 5.86. The second-order valence-corrected chi connectivity index (χ2v) is 6.47. The van der Waals surface area contributed by atoms with Crippen molar-refractivity contribution >= 4 is 16.7 Å². The Morgan fingerprint density at radius 3 is 2.50 bits per heavy atom. The van der Waals surface area contributed by atoms with Gasteiger partial charge in [-0.3, -0.25) is 9.00 Å². The predicted octanol–water partition coefficient (Wildman–Crippen LogP) is 0.387. The van der Waals surface area contributed by atoms with Gasteiger partial charge in [-0.15, -0.1) is 0 Å². The van der Waals surface area contributed by atoms with Gasteiger partial charge in [0.2, 0.25) is 5.91 Å². The quantitative estimate of drug-likeness (QED) is 0.753. The van der Waals surface area contributed by atoms with Crippen molar-refractivity contribution in [1.82, 2.24) is 5.32 Å². The summed E-state index contributed by atoms with van der Waals surface area (Å²) in [5.41, 5.74) is 5.79. The van der Waals surface area contributed by atoms with Gasteiger partial charge in [-0.05, 0) is 32.6 Å². The van der Waals surface area contributed by atoms with Crippen molar-refractivity contribution in [2.24, 2.45) is 11.7 Å². The van der Waals surface area contributed by atoms with Gasteiger partial charge in [-0.25, -0.2) is 0 Å². The van der Waals surface area contributed by atoms with E-state index >= 15 is 0 Å². The van der Waals surface area contributed by atoms with Crippen molar-refractivity contribution in [3.05, 3.63) is 0 Å². The molecule has 0 heterocycles.